The molecule has 1 amide bonds. The van der Waals surface area contributed by atoms with E-state index in [0.717, 1.165) is 75.7 Å². The van der Waals surface area contributed by atoms with Crippen molar-refractivity contribution < 1.29 is 4.79 Å². The van der Waals surface area contributed by atoms with E-state index < -0.39 is 0 Å². The molecule has 0 atom stereocenters. The molecule has 1 saturated carbocycles. The molecule has 0 unspecified atom stereocenters. The van der Waals surface area contributed by atoms with Crippen LogP contribution in [0, 0.1) is 5.92 Å². The molecule has 6 heterocycles. The van der Waals surface area contributed by atoms with Crippen molar-refractivity contribution >= 4 is 33.5 Å². The average Bonchev–Trinajstić information content (AvgIpc) is 3.62. The summed E-state index contributed by atoms with van der Waals surface area (Å²) in [4.78, 5) is 34.1. The molecule has 0 aliphatic heterocycles. The Balaban J connectivity index is 1.23. The third-order valence-electron chi connectivity index (χ3n) is 7.48. The van der Waals surface area contributed by atoms with Gasteiger partial charge in [-0.15, -0.1) is 0 Å². The van der Waals surface area contributed by atoms with Crippen LogP contribution in [0.3, 0.4) is 0 Å². The van der Waals surface area contributed by atoms with Gasteiger partial charge in [0.15, 0.2) is 5.65 Å². The maximum atomic E-state index is 12.8. The van der Waals surface area contributed by atoms with Crippen LogP contribution in [0.15, 0.2) is 73.6 Å². The fourth-order valence-corrected chi connectivity index (χ4v) is 5.45. The molecule has 6 aromatic rings. The molecule has 0 saturated heterocycles. The van der Waals surface area contributed by atoms with Crippen LogP contribution in [0.5, 0.6) is 0 Å². The number of fused-ring (bicyclic) bond motifs is 2. The number of nitrogens with zero attached hydrogens (tertiary/aromatic N) is 5. The van der Waals surface area contributed by atoms with Crippen LogP contribution >= 0.6 is 0 Å². The molecule has 1 fully saturated rings. The van der Waals surface area contributed by atoms with Crippen molar-refractivity contribution in [1.29, 1.82) is 0 Å². The molecule has 0 bridgehead atoms. The Kier molecular flexibility index (Phi) is 5.81. The van der Waals surface area contributed by atoms with Gasteiger partial charge in [0.05, 0.1) is 40.7 Å². The number of carbonyl (C=O) groups is 1. The zero-order valence-electron chi connectivity index (χ0n) is 21.2. The Hall–Kier alpha value is -4.92. The van der Waals surface area contributed by atoms with Gasteiger partial charge >= 0.3 is 0 Å². The van der Waals surface area contributed by atoms with Gasteiger partial charge in [-0.1, -0.05) is 25.3 Å². The Morgan fingerprint density at radius 3 is 2.62 bits per heavy atom. The Morgan fingerprint density at radius 1 is 0.872 bits per heavy atom. The number of aromatic nitrogens is 7. The van der Waals surface area contributed by atoms with Gasteiger partial charge in [-0.05, 0) is 43.2 Å². The molecule has 192 valence electrons. The molecule has 7 rings (SSSR count). The number of anilines is 1. The van der Waals surface area contributed by atoms with Crippen LogP contribution in [0.1, 0.15) is 32.1 Å². The van der Waals surface area contributed by atoms with Crippen LogP contribution in [0.2, 0.25) is 0 Å². The summed E-state index contributed by atoms with van der Waals surface area (Å²) in [6, 6.07) is 11.9. The second-order valence-electron chi connectivity index (χ2n) is 10.0. The zero-order valence-corrected chi connectivity index (χ0v) is 21.2. The molecule has 9 heteroatoms. The lowest BCUT2D eigenvalue weighted by Gasteiger charge is -2.20. The summed E-state index contributed by atoms with van der Waals surface area (Å²) in [5, 5.41) is 12.6. The molecular formula is C30H26N8O. The van der Waals surface area contributed by atoms with Gasteiger partial charge < -0.3 is 10.3 Å². The third kappa shape index (κ3) is 4.41. The highest BCUT2D eigenvalue weighted by atomic mass is 16.1. The van der Waals surface area contributed by atoms with Crippen molar-refractivity contribution in [3.63, 3.8) is 0 Å². The number of H-pyrrole nitrogens is 2. The summed E-state index contributed by atoms with van der Waals surface area (Å²) in [5.74, 6) is 0.163. The topological polar surface area (TPSA) is 125 Å². The fraction of sp³-hybridized carbons (Fsp3) is 0.200. The minimum Gasteiger partial charge on any atom is -0.352 e. The highest BCUT2D eigenvalue weighted by Crippen LogP contribution is 2.34. The SMILES string of the molecule is O=C(Nc1cncc(-c2cnc3n[nH]c(-c4cc5c(-c6ccccn6)cncc5[nH]4)c3c2)c1)C1CCCCC1. The number of hydrogen-bond donors (Lipinski definition) is 3. The summed E-state index contributed by atoms with van der Waals surface area (Å²) in [6.45, 7) is 0. The van der Waals surface area contributed by atoms with Gasteiger partial charge in [0.25, 0.3) is 0 Å². The molecule has 0 radical (unpaired) electrons. The van der Waals surface area contributed by atoms with Crippen LogP contribution < -0.4 is 5.32 Å². The molecule has 1 aliphatic rings. The van der Waals surface area contributed by atoms with Crippen molar-refractivity contribution in [2.45, 2.75) is 32.1 Å². The van der Waals surface area contributed by atoms with Crippen LogP contribution in [0.4, 0.5) is 5.69 Å². The van der Waals surface area contributed by atoms with E-state index in [1.54, 1.807) is 24.8 Å². The first-order valence-corrected chi connectivity index (χ1v) is 13.2. The first kappa shape index (κ1) is 23.2. The number of pyridine rings is 4. The van der Waals surface area contributed by atoms with Crippen molar-refractivity contribution in [2.75, 3.05) is 5.32 Å². The standard InChI is InChI=1S/C30H26N8O/c39-30(18-6-2-1-3-7-18)35-21-10-19(13-31-15-21)20-11-23-28(37-38-29(23)34-14-20)26-12-22-24(16-32-17-27(22)36-26)25-8-4-5-9-33-25/h4-5,8-18,36H,1-3,6-7H2,(H,35,39)(H,34,37,38). The third-order valence-corrected chi connectivity index (χ3v) is 7.48. The van der Waals surface area contributed by atoms with Crippen molar-refractivity contribution in [3.05, 3.63) is 73.6 Å². The zero-order chi connectivity index (χ0) is 26.2. The number of amides is 1. The van der Waals surface area contributed by atoms with E-state index in [0.29, 0.717) is 11.3 Å². The van der Waals surface area contributed by atoms with E-state index in [2.05, 4.69) is 46.5 Å². The first-order chi connectivity index (χ1) is 19.2. The highest BCUT2D eigenvalue weighted by molar-refractivity contribution is 6.00. The summed E-state index contributed by atoms with van der Waals surface area (Å²) >= 11 is 0. The van der Waals surface area contributed by atoms with Crippen LogP contribution in [0.25, 0.3) is 55.7 Å². The molecule has 0 spiro atoms. The first-order valence-electron chi connectivity index (χ1n) is 13.2. The summed E-state index contributed by atoms with van der Waals surface area (Å²) in [5.41, 5.74) is 7.51. The number of hydrogen-bond acceptors (Lipinski definition) is 6. The number of aromatic amines is 2. The minimum absolute atomic E-state index is 0.0812. The molecule has 39 heavy (non-hydrogen) atoms. The molecule has 3 N–H and O–H groups in total. The Bertz CT molecular complexity index is 1800. The van der Waals surface area contributed by atoms with Crippen LogP contribution in [-0.4, -0.2) is 41.0 Å². The maximum absolute atomic E-state index is 12.8. The molecular weight excluding hydrogens is 488 g/mol. The van der Waals surface area contributed by atoms with Gasteiger partial charge in [-0.3, -0.25) is 24.8 Å². The van der Waals surface area contributed by atoms with Gasteiger partial charge in [0.2, 0.25) is 5.91 Å². The highest BCUT2D eigenvalue weighted by Gasteiger charge is 2.21. The van der Waals surface area contributed by atoms with Gasteiger partial charge in [-0.25, -0.2) is 4.98 Å². The lowest BCUT2D eigenvalue weighted by Crippen LogP contribution is -2.24. The summed E-state index contributed by atoms with van der Waals surface area (Å²) in [6.07, 6.45) is 16.0. The predicted octanol–water partition coefficient (Wildman–Crippen LogP) is 6.14. The van der Waals surface area contributed by atoms with Gasteiger partial charge in [0, 0.05) is 58.2 Å². The minimum atomic E-state index is 0.0812. The van der Waals surface area contributed by atoms with Crippen molar-refractivity contribution in [2.24, 2.45) is 5.92 Å². The normalized spacial score (nSPS) is 14.2. The van der Waals surface area contributed by atoms with E-state index in [9.17, 15) is 4.79 Å². The largest absolute Gasteiger partial charge is 0.352 e. The van der Waals surface area contributed by atoms with E-state index >= 15 is 0 Å². The lowest BCUT2D eigenvalue weighted by molar-refractivity contribution is -0.120. The van der Waals surface area contributed by atoms with Gasteiger partial charge in [-0.2, -0.15) is 5.10 Å². The maximum Gasteiger partial charge on any atom is 0.227 e. The Labute approximate surface area is 224 Å². The molecule has 6 aromatic heterocycles. The van der Waals surface area contributed by atoms with E-state index in [4.69, 9.17) is 0 Å². The van der Waals surface area contributed by atoms with Crippen LogP contribution in [-0.2, 0) is 4.79 Å². The monoisotopic (exact) mass is 514 g/mol. The van der Waals surface area contributed by atoms with Gasteiger partial charge in [0.1, 0.15) is 0 Å². The lowest BCUT2D eigenvalue weighted by atomic mass is 9.88. The average molecular weight is 515 g/mol. The fourth-order valence-electron chi connectivity index (χ4n) is 5.45. The predicted molar refractivity (Wildman–Crippen MR) is 151 cm³/mol. The second kappa shape index (κ2) is 9.75. The number of carbonyl (C=O) groups excluding carboxylic acids is 1. The quantitative estimate of drug-likeness (QED) is 0.254. The summed E-state index contributed by atoms with van der Waals surface area (Å²) in [7, 11) is 0. The molecule has 9 nitrogen and oxygen atoms in total. The second-order valence-corrected chi connectivity index (χ2v) is 10.0. The smallest absolute Gasteiger partial charge is 0.227 e. The van der Waals surface area contributed by atoms with Crippen molar-refractivity contribution in [1.82, 2.24) is 35.1 Å². The Morgan fingerprint density at radius 2 is 1.74 bits per heavy atom. The number of nitrogens with one attached hydrogen (secondary N) is 3. The molecule has 0 aromatic carbocycles. The molecule has 1 aliphatic carbocycles. The number of rotatable bonds is 5. The van der Waals surface area contributed by atoms with E-state index in [-0.39, 0.29) is 11.8 Å². The van der Waals surface area contributed by atoms with Crippen molar-refractivity contribution in [3.8, 4) is 33.8 Å². The van der Waals surface area contributed by atoms with E-state index in [1.165, 1.54) is 6.42 Å². The van der Waals surface area contributed by atoms with E-state index in [1.807, 2.05) is 42.7 Å². The summed E-state index contributed by atoms with van der Waals surface area (Å²) < 4.78 is 0.